The minimum absolute atomic E-state index is 0.0423. The Morgan fingerprint density at radius 2 is 2.15 bits per heavy atom. The van der Waals surface area contributed by atoms with Crippen molar-refractivity contribution in [2.45, 2.75) is 19.6 Å². The van der Waals surface area contributed by atoms with E-state index in [4.69, 9.17) is 0 Å². The Morgan fingerprint density at radius 1 is 1.40 bits per heavy atom. The maximum atomic E-state index is 12.7. The molecule has 8 heteroatoms. The second-order valence-corrected chi connectivity index (χ2v) is 4.40. The number of fused-ring (bicyclic) bond motifs is 1. The summed E-state index contributed by atoms with van der Waals surface area (Å²) in [4.78, 5) is 15.5. The van der Waals surface area contributed by atoms with Gasteiger partial charge in [-0.25, -0.2) is 9.67 Å². The lowest BCUT2D eigenvalue weighted by molar-refractivity contribution is -0.137. The second-order valence-electron chi connectivity index (χ2n) is 4.40. The summed E-state index contributed by atoms with van der Waals surface area (Å²) in [7, 11) is 0. The number of nitrogens with one attached hydrogen (secondary N) is 1. The first kappa shape index (κ1) is 12.6. The van der Waals surface area contributed by atoms with E-state index in [2.05, 4.69) is 15.4 Å². The molecular weight excluding hydrogens is 273 g/mol. The normalized spacial score (nSPS) is 14.3. The standard InChI is InChI=1S/C12H9F3N4O/c1-6-10-8(5-17-11(10)20)19(18-6)9-4-7(2-3-16-9)12(13,14)15/h2-4H,5H2,1H3,(H,17,20). The molecule has 3 heterocycles. The van der Waals surface area contributed by atoms with Crippen LogP contribution in [0.4, 0.5) is 13.2 Å². The monoisotopic (exact) mass is 282 g/mol. The molecule has 0 saturated carbocycles. The fourth-order valence-corrected chi connectivity index (χ4v) is 2.19. The molecule has 0 unspecified atom stereocenters. The van der Waals surface area contributed by atoms with Crippen LogP contribution in [0.3, 0.4) is 0 Å². The van der Waals surface area contributed by atoms with Crippen molar-refractivity contribution in [3.8, 4) is 5.82 Å². The number of aromatic nitrogens is 3. The molecule has 2 aromatic heterocycles. The minimum atomic E-state index is -4.45. The molecular formula is C12H9F3N4O. The van der Waals surface area contributed by atoms with Gasteiger partial charge in [0.25, 0.3) is 5.91 Å². The minimum Gasteiger partial charge on any atom is -0.346 e. The molecule has 3 rings (SSSR count). The van der Waals surface area contributed by atoms with Gasteiger partial charge in [-0.15, -0.1) is 0 Å². The molecule has 1 aliphatic heterocycles. The summed E-state index contributed by atoms with van der Waals surface area (Å²) in [5, 5.41) is 6.71. The molecule has 0 bridgehead atoms. The van der Waals surface area contributed by atoms with E-state index in [0.717, 1.165) is 18.3 Å². The third-order valence-corrected chi connectivity index (χ3v) is 3.09. The van der Waals surface area contributed by atoms with Crippen molar-refractivity contribution in [1.82, 2.24) is 20.1 Å². The lowest BCUT2D eigenvalue weighted by atomic mass is 10.2. The van der Waals surface area contributed by atoms with Crippen molar-refractivity contribution in [3.05, 3.63) is 40.8 Å². The van der Waals surface area contributed by atoms with Gasteiger partial charge in [0.2, 0.25) is 0 Å². The lowest BCUT2D eigenvalue weighted by Gasteiger charge is -2.09. The zero-order chi connectivity index (χ0) is 14.5. The average molecular weight is 282 g/mol. The Kier molecular flexibility index (Phi) is 2.56. The largest absolute Gasteiger partial charge is 0.416 e. The summed E-state index contributed by atoms with van der Waals surface area (Å²) >= 11 is 0. The third-order valence-electron chi connectivity index (χ3n) is 3.09. The second kappa shape index (κ2) is 4.06. The molecule has 0 aliphatic carbocycles. The van der Waals surface area contributed by atoms with Gasteiger partial charge in [-0.3, -0.25) is 4.79 Å². The number of alkyl halides is 3. The van der Waals surface area contributed by atoms with E-state index in [9.17, 15) is 18.0 Å². The van der Waals surface area contributed by atoms with Gasteiger partial charge in [-0.05, 0) is 19.1 Å². The first-order valence-corrected chi connectivity index (χ1v) is 5.78. The van der Waals surface area contributed by atoms with E-state index in [0.29, 0.717) is 17.0 Å². The van der Waals surface area contributed by atoms with Crippen molar-refractivity contribution in [3.63, 3.8) is 0 Å². The average Bonchev–Trinajstić information content (AvgIpc) is 2.91. The highest BCUT2D eigenvalue weighted by Crippen LogP contribution is 2.30. The predicted molar refractivity (Wildman–Crippen MR) is 62.3 cm³/mol. The lowest BCUT2D eigenvalue weighted by Crippen LogP contribution is -2.15. The maximum Gasteiger partial charge on any atom is 0.416 e. The molecule has 2 aromatic rings. The van der Waals surface area contributed by atoms with Crippen molar-refractivity contribution >= 4 is 5.91 Å². The van der Waals surface area contributed by atoms with Crippen molar-refractivity contribution in [2.24, 2.45) is 0 Å². The van der Waals surface area contributed by atoms with Crippen LogP contribution < -0.4 is 5.32 Å². The van der Waals surface area contributed by atoms with Crippen LogP contribution in [0.5, 0.6) is 0 Å². The van der Waals surface area contributed by atoms with Gasteiger partial charge in [0, 0.05) is 6.20 Å². The smallest absolute Gasteiger partial charge is 0.346 e. The highest BCUT2D eigenvalue weighted by Gasteiger charge is 2.32. The van der Waals surface area contributed by atoms with Crippen LogP contribution in [-0.4, -0.2) is 20.7 Å². The van der Waals surface area contributed by atoms with Gasteiger partial charge >= 0.3 is 6.18 Å². The van der Waals surface area contributed by atoms with Crippen molar-refractivity contribution in [1.29, 1.82) is 0 Å². The highest BCUT2D eigenvalue weighted by atomic mass is 19.4. The number of hydrogen-bond donors (Lipinski definition) is 1. The van der Waals surface area contributed by atoms with Gasteiger partial charge in [-0.1, -0.05) is 0 Å². The summed E-state index contributed by atoms with van der Waals surface area (Å²) < 4.78 is 39.4. The summed E-state index contributed by atoms with van der Waals surface area (Å²) in [6.07, 6.45) is -3.37. The van der Waals surface area contributed by atoms with E-state index in [1.54, 1.807) is 6.92 Å². The quantitative estimate of drug-likeness (QED) is 0.868. The van der Waals surface area contributed by atoms with E-state index in [1.165, 1.54) is 4.68 Å². The van der Waals surface area contributed by atoms with Crippen molar-refractivity contribution in [2.75, 3.05) is 0 Å². The molecule has 0 fully saturated rings. The van der Waals surface area contributed by atoms with Crippen LogP contribution in [0.15, 0.2) is 18.3 Å². The number of carbonyl (C=O) groups is 1. The fourth-order valence-electron chi connectivity index (χ4n) is 2.19. The summed E-state index contributed by atoms with van der Waals surface area (Å²) in [5.74, 6) is -0.226. The van der Waals surface area contributed by atoms with Crippen LogP contribution in [-0.2, 0) is 12.7 Å². The third kappa shape index (κ3) is 1.84. The number of rotatable bonds is 1. The number of pyridine rings is 1. The highest BCUT2D eigenvalue weighted by molar-refractivity contribution is 5.99. The number of carbonyl (C=O) groups excluding carboxylic acids is 1. The molecule has 0 atom stereocenters. The first-order valence-electron chi connectivity index (χ1n) is 5.78. The number of nitrogens with zero attached hydrogens (tertiary/aromatic N) is 3. The van der Waals surface area contributed by atoms with E-state index >= 15 is 0 Å². The topological polar surface area (TPSA) is 59.8 Å². The molecule has 1 amide bonds. The maximum absolute atomic E-state index is 12.7. The molecule has 1 aliphatic rings. The Morgan fingerprint density at radius 3 is 2.85 bits per heavy atom. The SMILES string of the molecule is Cc1nn(-c2cc(C(F)(F)F)ccn2)c2c1C(=O)NC2. The van der Waals surface area contributed by atoms with Crippen LogP contribution in [0.25, 0.3) is 5.82 Å². The van der Waals surface area contributed by atoms with Gasteiger partial charge in [0.05, 0.1) is 29.1 Å². The Hall–Kier alpha value is -2.38. The number of aryl methyl sites for hydroxylation is 1. The Labute approximate surface area is 111 Å². The van der Waals surface area contributed by atoms with Gasteiger partial charge in [-0.2, -0.15) is 18.3 Å². The summed E-state index contributed by atoms with van der Waals surface area (Å²) in [6.45, 7) is 1.86. The molecule has 1 N–H and O–H groups in total. The predicted octanol–water partition coefficient (Wildman–Crippen LogP) is 1.84. The molecule has 0 saturated heterocycles. The van der Waals surface area contributed by atoms with Crippen LogP contribution in [0.2, 0.25) is 0 Å². The molecule has 104 valence electrons. The zero-order valence-corrected chi connectivity index (χ0v) is 10.3. The molecule has 20 heavy (non-hydrogen) atoms. The van der Waals surface area contributed by atoms with Crippen molar-refractivity contribution < 1.29 is 18.0 Å². The van der Waals surface area contributed by atoms with Crippen LogP contribution in [0.1, 0.15) is 27.3 Å². The Balaban J connectivity index is 2.14. The van der Waals surface area contributed by atoms with Gasteiger partial charge in [0.1, 0.15) is 0 Å². The fraction of sp³-hybridized carbons (Fsp3) is 0.250. The molecule has 0 aromatic carbocycles. The van der Waals surface area contributed by atoms with Crippen LogP contribution in [0, 0.1) is 6.92 Å². The zero-order valence-electron chi connectivity index (χ0n) is 10.3. The number of amides is 1. The van der Waals surface area contributed by atoms with E-state index < -0.39 is 11.7 Å². The first-order chi connectivity index (χ1) is 9.38. The van der Waals surface area contributed by atoms with Gasteiger partial charge in [0.15, 0.2) is 5.82 Å². The van der Waals surface area contributed by atoms with Crippen LogP contribution >= 0.6 is 0 Å². The molecule has 0 spiro atoms. The Bertz CT molecular complexity index is 705. The summed E-state index contributed by atoms with van der Waals surface area (Å²) in [5.41, 5.74) is 0.597. The van der Waals surface area contributed by atoms with E-state index in [-0.39, 0.29) is 18.3 Å². The summed E-state index contributed by atoms with van der Waals surface area (Å²) in [6, 6.07) is 1.80. The number of halogens is 3. The molecule has 5 nitrogen and oxygen atoms in total. The molecule has 0 radical (unpaired) electrons. The van der Waals surface area contributed by atoms with Gasteiger partial charge < -0.3 is 5.32 Å². The number of hydrogen-bond acceptors (Lipinski definition) is 3. The van der Waals surface area contributed by atoms with E-state index in [1.807, 2.05) is 0 Å².